The predicted octanol–water partition coefficient (Wildman–Crippen LogP) is 2.39. The van der Waals surface area contributed by atoms with Gasteiger partial charge < -0.3 is 10.1 Å². The van der Waals surface area contributed by atoms with Gasteiger partial charge in [0, 0.05) is 10.8 Å². The summed E-state index contributed by atoms with van der Waals surface area (Å²) in [5, 5.41) is 11.3. The third kappa shape index (κ3) is 1.66. The van der Waals surface area contributed by atoms with E-state index in [0.29, 0.717) is 3.70 Å². The fraction of sp³-hybridized carbons (Fsp3) is 0. The second kappa shape index (κ2) is 3.69. The first-order valence-electron chi connectivity index (χ1n) is 4.95. The molecule has 2 aromatic heterocycles. The van der Waals surface area contributed by atoms with Gasteiger partial charge in [-0.3, -0.25) is 4.79 Å². The van der Waals surface area contributed by atoms with E-state index >= 15 is 0 Å². The molecule has 0 saturated carbocycles. The van der Waals surface area contributed by atoms with Gasteiger partial charge in [-0.1, -0.05) is 12.1 Å². The Balaban J connectivity index is 2.55. The molecule has 0 amide bonds. The summed E-state index contributed by atoms with van der Waals surface area (Å²) in [6.45, 7) is 0. The molecule has 0 fully saturated rings. The normalized spacial score (nSPS) is 11.1. The first kappa shape index (κ1) is 10.5. The number of aromatic amines is 1. The quantitative estimate of drug-likeness (QED) is 0.376. The lowest BCUT2D eigenvalue weighted by molar-refractivity contribution is 0.469. The van der Waals surface area contributed by atoms with E-state index in [-0.39, 0.29) is 11.2 Å². The molecule has 0 aliphatic carbocycles. The van der Waals surface area contributed by atoms with E-state index in [1.807, 2.05) is 34.7 Å². The molecule has 3 rings (SSSR count). The van der Waals surface area contributed by atoms with Gasteiger partial charge in [-0.05, 0) is 34.7 Å². The Morgan fingerprint density at radius 3 is 2.82 bits per heavy atom. The Bertz CT molecular complexity index is 795. The Morgan fingerprint density at radius 2 is 2.00 bits per heavy atom. The van der Waals surface area contributed by atoms with E-state index in [9.17, 15) is 9.90 Å². The highest BCUT2D eigenvalue weighted by atomic mass is 127. The van der Waals surface area contributed by atoms with Crippen molar-refractivity contribution in [3.63, 3.8) is 0 Å². The summed E-state index contributed by atoms with van der Waals surface area (Å²) in [5.74, 6) is 0.206. The van der Waals surface area contributed by atoms with Gasteiger partial charge in [0.05, 0.1) is 17.2 Å². The van der Waals surface area contributed by atoms with Crippen molar-refractivity contribution in [1.29, 1.82) is 0 Å². The molecule has 0 bridgehead atoms. The van der Waals surface area contributed by atoms with Crippen molar-refractivity contribution in [2.75, 3.05) is 0 Å². The maximum Gasteiger partial charge on any atom is 0.197 e. The summed E-state index contributed by atoms with van der Waals surface area (Å²) in [5.41, 5.74) is 1.45. The zero-order valence-corrected chi connectivity index (χ0v) is 10.7. The molecule has 1 aromatic carbocycles. The Kier molecular flexibility index (Phi) is 2.29. The highest BCUT2D eigenvalue weighted by Gasteiger charge is 2.06. The zero-order chi connectivity index (χ0) is 12.0. The minimum atomic E-state index is -0.106. The highest BCUT2D eigenvalue weighted by Crippen LogP contribution is 2.27. The van der Waals surface area contributed by atoms with Gasteiger partial charge >= 0.3 is 0 Å². The van der Waals surface area contributed by atoms with Crippen molar-refractivity contribution in [1.82, 2.24) is 9.97 Å². The topological polar surface area (TPSA) is 66.0 Å². The molecule has 2 N–H and O–H groups in total. The van der Waals surface area contributed by atoms with Crippen LogP contribution in [0.3, 0.4) is 0 Å². The predicted molar refractivity (Wildman–Crippen MR) is 74.3 cm³/mol. The first-order valence-corrected chi connectivity index (χ1v) is 6.03. The van der Waals surface area contributed by atoms with Crippen LogP contribution < -0.4 is 5.43 Å². The largest absolute Gasteiger partial charge is 0.505 e. The number of rotatable bonds is 0. The lowest BCUT2D eigenvalue weighted by Gasteiger charge is -2.05. The van der Waals surface area contributed by atoms with Gasteiger partial charge in [0.25, 0.3) is 0 Å². The van der Waals surface area contributed by atoms with Crippen molar-refractivity contribution in [2.45, 2.75) is 0 Å². The van der Waals surface area contributed by atoms with Crippen molar-refractivity contribution < 1.29 is 5.11 Å². The molecule has 0 atom stereocenters. The van der Waals surface area contributed by atoms with Crippen molar-refractivity contribution in [2.24, 2.45) is 0 Å². The van der Waals surface area contributed by atoms with Crippen LogP contribution in [-0.2, 0) is 0 Å². The first-order chi connectivity index (χ1) is 8.15. The minimum Gasteiger partial charge on any atom is -0.505 e. The molecule has 0 aliphatic rings. The van der Waals surface area contributed by atoms with Crippen LogP contribution in [0.5, 0.6) is 5.75 Å². The van der Waals surface area contributed by atoms with Gasteiger partial charge in [0.15, 0.2) is 5.43 Å². The SMILES string of the molecule is O=c1cnc2c(ccc3cc(O)c(I)[nH]c32)c1. The molecule has 0 saturated heterocycles. The number of nitrogens with one attached hydrogen (secondary N) is 1. The van der Waals surface area contributed by atoms with E-state index in [1.54, 1.807) is 12.1 Å². The number of nitrogens with zero attached hydrogens (tertiary/aromatic N) is 1. The minimum absolute atomic E-state index is 0.106. The van der Waals surface area contributed by atoms with Crippen LogP contribution in [-0.4, -0.2) is 15.1 Å². The van der Waals surface area contributed by atoms with E-state index in [1.165, 1.54) is 6.20 Å². The van der Waals surface area contributed by atoms with E-state index in [4.69, 9.17) is 0 Å². The maximum absolute atomic E-state index is 11.2. The summed E-state index contributed by atoms with van der Waals surface area (Å²) in [4.78, 5) is 18.5. The highest BCUT2D eigenvalue weighted by molar-refractivity contribution is 14.1. The third-order valence-corrected chi connectivity index (χ3v) is 3.43. The van der Waals surface area contributed by atoms with Crippen LogP contribution in [0, 0.1) is 3.70 Å². The average Bonchev–Trinajstić information content (AvgIpc) is 2.30. The van der Waals surface area contributed by atoms with E-state index < -0.39 is 0 Å². The average molecular weight is 338 g/mol. The van der Waals surface area contributed by atoms with Gasteiger partial charge in [-0.2, -0.15) is 0 Å². The van der Waals surface area contributed by atoms with E-state index in [0.717, 1.165) is 21.8 Å². The van der Waals surface area contributed by atoms with Gasteiger partial charge in [0.2, 0.25) is 0 Å². The smallest absolute Gasteiger partial charge is 0.197 e. The molecule has 0 radical (unpaired) electrons. The van der Waals surface area contributed by atoms with E-state index in [2.05, 4.69) is 9.97 Å². The van der Waals surface area contributed by atoms with Crippen molar-refractivity contribution in [3.8, 4) is 5.75 Å². The lowest BCUT2D eigenvalue weighted by atomic mass is 10.1. The number of pyridine rings is 2. The van der Waals surface area contributed by atoms with Crippen LogP contribution in [0.2, 0.25) is 0 Å². The Labute approximate surface area is 109 Å². The number of aromatic nitrogens is 2. The molecule has 0 spiro atoms. The summed E-state index contributed by atoms with van der Waals surface area (Å²) in [6, 6.07) is 6.91. The molecule has 5 heteroatoms. The summed E-state index contributed by atoms with van der Waals surface area (Å²) in [6.07, 6.45) is 1.30. The standard InChI is InChI=1S/C12H7IN2O2/c13-12-9(17)4-7-2-1-6-3-8(16)5-14-10(6)11(7)15-12/h1-5,15,17H. The molecule has 2 heterocycles. The fourth-order valence-corrected chi connectivity index (χ4v) is 2.26. The number of H-pyrrole nitrogens is 1. The molecular formula is C12H7IN2O2. The van der Waals surface area contributed by atoms with Gasteiger partial charge in [-0.15, -0.1) is 0 Å². The lowest BCUT2D eigenvalue weighted by Crippen LogP contribution is -1.98. The molecule has 17 heavy (non-hydrogen) atoms. The number of aromatic hydroxyl groups is 1. The summed E-state index contributed by atoms with van der Waals surface area (Å²) < 4.78 is 0.649. The van der Waals surface area contributed by atoms with Crippen molar-refractivity contribution >= 4 is 44.4 Å². The Hall–Kier alpha value is -1.63. The number of halogens is 1. The van der Waals surface area contributed by atoms with Crippen LogP contribution in [0.1, 0.15) is 0 Å². The summed E-state index contributed by atoms with van der Waals surface area (Å²) >= 11 is 2.02. The number of fused-ring (bicyclic) bond motifs is 3. The van der Waals surface area contributed by atoms with Crippen LogP contribution in [0.15, 0.2) is 35.3 Å². The molecular weight excluding hydrogens is 331 g/mol. The maximum atomic E-state index is 11.2. The summed E-state index contributed by atoms with van der Waals surface area (Å²) in [7, 11) is 0. The molecule has 3 aromatic rings. The second-order valence-corrected chi connectivity index (χ2v) is 4.82. The van der Waals surface area contributed by atoms with Crippen LogP contribution in [0.4, 0.5) is 0 Å². The molecule has 4 nitrogen and oxygen atoms in total. The second-order valence-electron chi connectivity index (χ2n) is 3.74. The van der Waals surface area contributed by atoms with Gasteiger partial charge in [0.1, 0.15) is 9.45 Å². The van der Waals surface area contributed by atoms with Gasteiger partial charge in [-0.25, -0.2) is 4.98 Å². The zero-order valence-electron chi connectivity index (χ0n) is 8.57. The van der Waals surface area contributed by atoms with Crippen LogP contribution >= 0.6 is 22.6 Å². The molecule has 0 unspecified atom stereocenters. The third-order valence-electron chi connectivity index (χ3n) is 2.61. The molecule has 0 aliphatic heterocycles. The number of benzene rings is 1. The van der Waals surface area contributed by atoms with Crippen LogP contribution in [0.25, 0.3) is 21.8 Å². The fourth-order valence-electron chi connectivity index (χ4n) is 1.83. The Morgan fingerprint density at radius 1 is 1.24 bits per heavy atom. The number of hydrogen-bond acceptors (Lipinski definition) is 3. The van der Waals surface area contributed by atoms with Crippen molar-refractivity contribution in [3.05, 3.63) is 44.4 Å². The monoisotopic (exact) mass is 338 g/mol. The number of hydrogen-bond donors (Lipinski definition) is 2. The molecule has 84 valence electrons.